The van der Waals surface area contributed by atoms with E-state index in [0.717, 1.165) is 36.6 Å². The van der Waals surface area contributed by atoms with E-state index in [1.54, 1.807) is 7.11 Å². The standard InChI is InChI=1S/C15H21NO3/c1-10-9-16-6-5-15(10)8-13(17)12-7-11(18-2)3-4-14(12)19-15/h3-4,7,10,13,16-17H,5-6,8-9H2,1-2H3/t10?,13-,15?/m1/s1. The van der Waals surface area contributed by atoms with E-state index in [-0.39, 0.29) is 5.60 Å². The minimum Gasteiger partial charge on any atom is -0.497 e. The summed E-state index contributed by atoms with van der Waals surface area (Å²) in [6.07, 6.45) is 1.13. The van der Waals surface area contributed by atoms with Crippen molar-refractivity contribution in [2.45, 2.75) is 31.5 Å². The molecule has 3 atom stereocenters. The average Bonchev–Trinajstić information content (AvgIpc) is 2.42. The van der Waals surface area contributed by atoms with Crippen LogP contribution in [-0.4, -0.2) is 30.9 Å². The molecule has 2 unspecified atom stereocenters. The molecule has 0 aromatic heterocycles. The Balaban J connectivity index is 1.95. The van der Waals surface area contributed by atoms with Gasteiger partial charge in [-0.3, -0.25) is 0 Å². The summed E-state index contributed by atoms with van der Waals surface area (Å²) in [6, 6.07) is 5.67. The zero-order valence-electron chi connectivity index (χ0n) is 11.5. The number of fused-ring (bicyclic) bond motifs is 1. The lowest BCUT2D eigenvalue weighted by Gasteiger charge is -2.47. The molecule has 1 fully saturated rings. The van der Waals surface area contributed by atoms with Gasteiger partial charge in [-0.1, -0.05) is 6.92 Å². The van der Waals surface area contributed by atoms with Crippen molar-refractivity contribution in [1.29, 1.82) is 0 Å². The van der Waals surface area contributed by atoms with Gasteiger partial charge in [-0.25, -0.2) is 0 Å². The van der Waals surface area contributed by atoms with E-state index in [1.807, 2.05) is 18.2 Å². The molecule has 3 rings (SSSR count). The molecule has 2 aliphatic heterocycles. The lowest BCUT2D eigenvalue weighted by atomic mass is 9.76. The Morgan fingerprint density at radius 2 is 2.32 bits per heavy atom. The molecule has 1 spiro atoms. The molecule has 1 aromatic rings. The van der Waals surface area contributed by atoms with Crippen LogP contribution in [0.5, 0.6) is 11.5 Å². The summed E-state index contributed by atoms with van der Waals surface area (Å²) in [5, 5.41) is 13.8. The van der Waals surface area contributed by atoms with E-state index in [2.05, 4.69) is 12.2 Å². The predicted octanol–water partition coefficient (Wildman–Crippen LogP) is 1.88. The van der Waals surface area contributed by atoms with Crippen LogP contribution in [0.25, 0.3) is 0 Å². The molecule has 2 heterocycles. The summed E-state index contributed by atoms with van der Waals surface area (Å²) >= 11 is 0. The molecule has 4 nitrogen and oxygen atoms in total. The maximum Gasteiger partial charge on any atom is 0.126 e. The van der Waals surface area contributed by atoms with Gasteiger partial charge in [-0.2, -0.15) is 0 Å². The summed E-state index contributed by atoms with van der Waals surface area (Å²) in [6.45, 7) is 4.08. The van der Waals surface area contributed by atoms with Crippen LogP contribution >= 0.6 is 0 Å². The molecule has 0 bridgehead atoms. The molecule has 0 saturated carbocycles. The quantitative estimate of drug-likeness (QED) is 0.812. The highest BCUT2D eigenvalue weighted by Gasteiger charge is 2.45. The van der Waals surface area contributed by atoms with Crippen LogP contribution in [0.3, 0.4) is 0 Å². The van der Waals surface area contributed by atoms with Crippen LogP contribution in [0.15, 0.2) is 18.2 Å². The first kappa shape index (κ1) is 12.8. The van der Waals surface area contributed by atoms with Gasteiger partial charge in [-0.15, -0.1) is 0 Å². The van der Waals surface area contributed by atoms with Gasteiger partial charge in [0.15, 0.2) is 0 Å². The zero-order valence-corrected chi connectivity index (χ0v) is 11.5. The van der Waals surface area contributed by atoms with Crippen LogP contribution in [0.4, 0.5) is 0 Å². The van der Waals surface area contributed by atoms with Gasteiger partial charge in [0.05, 0.1) is 13.2 Å². The van der Waals surface area contributed by atoms with Crippen molar-refractivity contribution in [3.8, 4) is 11.5 Å². The van der Waals surface area contributed by atoms with Crippen LogP contribution in [-0.2, 0) is 0 Å². The first-order valence-electron chi connectivity index (χ1n) is 6.90. The SMILES string of the molecule is COc1ccc2c(c1)[C@H](O)CC1(CCNCC1C)O2. The van der Waals surface area contributed by atoms with E-state index in [1.165, 1.54) is 0 Å². The minimum absolute atomic E-state index is 0.230. The largest absolute Gasteiger partial charge is 0.497 e. The molecule has 0 radical (unpaired) electrons. The smallest absolute Gasteiger partial charge is 0.126 e. The van der Waals surface area contributed by atoms with E-state index >= 15 is 0 Å². The number of ether oxygens (including phenoxy) is 2. The maximum atomic E-state index is 10.5. The van der Waals surface area contributed by atoms with Gasteiger partial charge in [0, 0.05) is 24.4 Å². The number of hydrogen-bond donors (Lipinski definition) is 2. The van der Waals surface area contributed by atoms with Gasteiger partial charge in [0.1, 0.15) is 17.1 Å². The number of benzene rings is 1. The van der Waals surface area contributed by atoms with Crippen molar-refractivity contribution in [2.75, 3.05) is 20.2 Å². The van der Waals surface area contributed by atoms with Crippen molar-refractivity contribution >= 4 is 0 Å². The lowest BCUT2D eigenvalue weighted by molar-refractivity contribution is -0.0660. The summed E-state index contributed by atoms with van der Waals surface area (Å²) in [5.41, 5.74) is 0.613. The molecule has 2 aliphatic rings. The van der Waals surface area contributed by atoms with E-state index in [4.69, 9.17) is 9.47 Å². The third-order valence-electron chi connectivity index (χ3n) is 4.50. The van der Waals surface area contributed by atoms with Crippen LogP contribution in [0.1, 0.15) is 31.4 Å². The summed E-state index contributed by atoms with van der Waals surface area (Å²) < 4.78 is 11.5. The molecule has 4 heteroatoms. The predicted molar refractivity (Wildman–Crippen MR) is 72.6 cm³/mol. The van der Waals surface area contributed by atoms with Gasteiger partial charge < -0.3 is 19.9 Å². The van der Waals surface area contributed by atoms with E-state index in [9.17, 15) is 5.11 Å². The van der Waals surface area contributed by atoms with Crippen LogP contribution in [0, 0.1) is 5.92 Å². The fourth-order valence-electron chi connectivity index (χ4n) is 3.21. The number of aliphatic hydroxyl groups is 1. The molecule has 104 valence electrons. The zero-order chi connectivity index (χ0) is 13.5. The Morgan fingerprint density at radius 3 is 3.05 bits per heavy atom. The average molecular weight is 263 g/mol. The lowest BCUT2D eigenvalue weighted by Crippen LogP contribution is -2.55. The first-order chi connectivity index (χ1) is 9.14. The van der Waals surface area contributed by atoms with Gasteiger partial charge in [0.2, 0.25) is 0 Å². The van der Waals surface area contributed by atoms with Crippen molar-refractivity contribution < 1.29 is 14.6 Å². The van der Waals surface area contributed by atoms with Gasteiger partial charge >= 0.3 is 0 Å². The van der Waals surface area contributed by atoms with E-state index < -0.39 is 6.10 Å². The summed E-state index contributed by atoms with van der Waals surface area (Å²) in [5.74, 6) is 1.95. The molecule has 1 aromatic carbocycles. The number of methoxy groups -OCH3 is 1. The number of rotatable bonds is 1. The molecular formula is C15H21NO3. The molecule has 19 heavy (non-hydrogen) atoms. The number of hydrogen-bond acceptors (Lipinski definition) is 4. The van der Waals surface area contributed by atoms with Crippen molar-refractivity contribution in [3.63, 3.8) is 0 Å². The van der Waals surface area contributed by atoms with Gasteiger partial charge in [0.25, 0.3) is 0 Å². The summed E-state index contributed by atoms with van der Waals surface area (Å²) in [4.78, 5) is 0. The monoisotopic (exact) mass is 263 g/mol. The third-order valence-corrected chi connectivity index (χ3v) is 4.50. The summed E-state index contributed by atoms with van der Waals surface area (Å²) in [7, 11) is 1.63. The van der Waals surface area contributed by atoms with Crippen molar-refractivity contribution in [3.05, 3.63) is 23.8 Å². The highest BCUT2D eigenvalue weighted by molar-refractivity contribution is 5.43. The maximum absolute atomic E-state index is 10.5. The second kappa shape index (κ2) is 4.69. The molecular weight excluding hydrogens is 242 g/mol. The van der Waals surface area contributed by atoms with E-state index in [0.29, 0.717) is 12.3 Å². The van der Waals surface area contributed by atoms with Crippen LogP contribution < -0.4 is 14.8 Å². The fraction of sp³-hybridized carbons (Fsp3) is 0.600. The fourth-order valence-corrected chi connectivity index (χ4v) is 3.21. The van der Waals surface area contributed by atoms with Crippen molar-refractivity contribution in [2.24, 2.45) is 5.92 Å². The number of aliphatic hydroxyl groups excluding tert-OH is 1. The van der Waals surface area contributed by atoms with Crippen molar-refractivity contribution in [1.82, 2.24) is 5.32 Å². The molecule has 0 amide bonds. The molecule has 0 aliphatic carbocycles. The third kappa shape index (κ3) is 2.09. The Bertz CT molecular complexity index is 476. The second-order valence-electron chi connectivity index (χ2n) is 5.65. The van der Waals surface area contributed by atoms with Crippen LogP contribution in [0.2, 0.25) is 0 Å². The van der Waals surface area contributed by atoms with Gasteiger partial charge in [-0.05, 0) is 31.2 Å². The number of nitrogens with one attached hydrogen (secondary N) is 1. The highest BCUT2D eigenvalue weighted by atomic mass is 16.5. The second-order valence-corrected chi connectivity index (χ2v) is 5.65. The Hall–Kier alpha value is -1.26. The Morgan fingerprint density at radius 1 is 1.47 bits per heavy atom. The Labute approximate surface area is 113 Å². The normalized spacial score (nSPS) is 33.6. The number of piperidine rings is 1. The first-order valence-corrected chi connectivity index (χ1v) is 6.90. The highest BCUT2D eigenvalue weighted by Crippen LogP contribution is 2.46. The topological polar surface area (TPSA) is 50.7 Å². The molecule has 2 N–H and O–H groups in total. The Kier molecular flexibility index (Phi) is 3.15. The molecule has 1 saturated heterocycles. The minimum atomic E-state index is -0.473.